The van der Waals surface area contributed by atoms with Crippen molar-refractivity contribution in [1.29, 1.82) is 0 Å². The molecule has 0 unspecified atom stereocenters. The molecule has 0 N–H and O–H groups in total. The van der Waals surface area contributed by atoms with E-state index in [4.69, 9.17) is 0 Å². The van der Waals surface area contributed by atoms with Crippen molar-refractivity contribution in [2.45, 2.75) is 6.92 Å². The predicted molar refractivity (Wildman–Crippen MR) is 59.1 cm³/mol. The minimum Gasteiger partial charge on any atom is -0.0955 e. The molecule has 0 atom stereocenters. The van der Waals surface area contributed by atoms with E-state index in [1.54, 1.807) is 0 Å². The molecule has 0 nitrogen and oxygen atoms in total. The Balaban J connectivity index is 3.01. The van der Waals surface area contributed by atoms with Gasteiger partial charge in [-0.1, -0.05) is 58.9 Å². The van der Waals surface area contributed by atoms with Gasteiger partial charge in [0.15, 0.2) is 0 Å². The van der Waals surface area contributed by atoms with Crippen LogP contribution in [0.25, 0.3) is 10.1 Å². The Kier molecular flexibility index (Phi) is 2.88. The summed E-state index contributed by atoms with van der Waals surface area (Å²) in [6.07, 6.45) is 0. The van der Waals surface area contributed by atoms with Crippen LogP contribution in [0.15, 0.2) is 37.4 Å². The predicted octanol–water partition coefficient (Wildman–Crippen LogP) is 4.09. The Morgan fingerprint density at radius 1 is 1.08 bits per heavy atom. The molecule has 1 heteroatoms. The summed E-state index contributed by atoms with van der Waals surface area (Å²) >= 11 is 3.33. The average Bonchev–Trinajstić information content (AvgIpc) is 2.04. The minimum absolute atomic E-state index is 0.913. The maximum atomic E-state index is 3.87. The van der Waals surface area contributed by atoms with Crippen LogP contribution in [0.3, 0.4) is 0 Å². The van der Waals surface area contributed by atoms with Gasteiger partial charge in [-0.3, -0.25) is 0 Å². The van der Waals surface area contributed by atoms with Gasteiger partial charge in [-0.05, 0) is 18.1 Å². The molecule has 1 aromatic rings. The largest absolute Gasteiger partial charge is 0.0955 e. The Bertz CT molecular complexity index is 273. The first-order chi connectivity index (χ1) is 5.61. The van der Waals surface area contributed by atoms with Crippen LogP contribution < -0.4 is 0 Å². The standard InChI is InChI=1S/C11H11Br/c1-8(2)10-4-6-11(7-5-10)9(3)12/h4-7H,1,3H2,2H3. The molecule has 1 rings (SSSR count). The molecule has 0 aliphatic rings. The highest BCUT2D eigenvalue weighted by molar-refractivity contribution is 9.15. The van der Waals surface area contributed by atoms with Gasteiger partial charge < -0.3 is 0 Å². The van der Waals surface area contributed by atoms with Gasteiger partial charge in [0.05, 0.1) is 0 Å². The third-order valence-corrected chi connectivity index (χ3v) is 2.15. The first-order valence-corrected chi connectivity index (χ1v) is 4.51. The van der Waals surface area contributed by atoms with Crippen LogP contribution in [0.2, 0.25) is 0 Å². The Morgan fingerprint density at radius 2 is 1.50 bits per heavy atom. The molecule has 0 aliphatic heterocycles. The van der Waals surface area contributed by atoms with E-state index in [2.05, 4.69) is 29.1 Å². The Hall–Kier alpha value is -0.820. The molecule has 0 aromatic heterocycles. The molecule has 0 fully saturated rings. The summed E-state index contributed by atoms with van der Waals surface area (Å²) in [5.41, 5.74) is 3.37. The van der Waals surface area contributed by atoms with E-state index in [1.165, 1.54) is 5.56 Å². The van der Waals surface area contributed by atoms with Crippen molar-refractivity contribution in [2.75, 3.05) is 0 Å². The van der Waals surface area contributed by atoms with Crippen molar-refractivity contribution in [3.63, 3.8) is 0 Å². The first kappa shape index (κ1) is 9.27. The zero-order valence-electron chi connectivity index (χ0n) is 7.10. The monoisotopic (exact) mass is 222 g/mol. The van der Waals surface area contributed by atoms with Crippen molar-refractivity contribution in [1.82, 2.24) is 0 Å². The molecule has 0 saturated carbocycles. The molecule has 1 aromatic carbocycles. The fourth-order valence-electron chi connectivity index (χ4n) is 0.936. The number of hydrogen-bond donors (Lipinski definition) is 0. The highest BCUT2D eigenvalue weighted by Gasteiger charge is 1.95. The zero-order valence-corrected chi connectivity index (χ0v) is 8.69. The topological polar surface area (TPSA) is 0 Å². The fourth-order valence-corrected chi connectivity index (χ4v) is 1.20. The van der Waals surface area contributed by atoms with Gasteiger partial charge in [0.1, 0.15) is 0 Å². The molecule has 0 radical (unpaired) electrons. The van der Waals surface area contributed by atoms with Crippen molar-refractivity contribution >= 4 is 26.0 Å². The fraction of sp³-hybridized carbons (Fsp3) is 0.0909. The lowest BCUT2D eigenvalue weighted by Gasteiger charge is -2.01. The van der Waals surface area contributed by atoms with Crippen LogP contribution in [-0.2, 0) is 0 Å². The van der Waals surface area contributed by atoms with Gasteiger partial charge in [0.2, 0.25) is 0 Å². The van der Waals surface area contributed by atoms with E-state index in [0.717, 1.165) is 15.6 Å². The highest BCUT2D eigenvalue weighted by Crippen LogP contribution is 2.20. The third-order valence-electron chi connectivity index (χ3n) is 1.69. The van der Waals surface area contributed by atoms with Crippen LogP contribution in [-0.4, -0.2) is 0 Å². The number of hydrogen-bond acceptors (Lipinski definition) is 0. The number of halogens is 1. The van der Waals surface area contributed by atoms with Gasteiger partial charge in [-0.25, -0.2) is 0 Å². The summed E-state index contributed by atoms with van der Waals surface area (Å²) in [4.78, 5) is 0. The number of allylic oxidation sites excluding steroid dienone is 1. The van der Waals surface area contributed by atoms with E-state index in [1.807, 2.05) is 31.2 Å². The van der Waals surface area contributed by atoms with Crippen molar-refractivity contribution in [2.24, 2.45) is 0 Å². The quantitative estimate of drug-likeness (QED) is 0.708. The summed E-state index contributed by atoms with van der Waals surface area (Å²) in [7, 11) is 0. The molecular formula is C11H11Br. The molecule has 62 valence electrons. The van der Waals surface area contributed by atoms with E-state index >= 15 is 0 Å². The van der Waals surface area contributed by atoms with E-state index in [0.29, 0.717) is 0 Å². The second kappa shape index (κ2) is 3.72. The maximum absolute atomic E-state index is 3.87. The van der Waals surface area contributed by atoms with Crippen LogP contribution in [0.5, 0.6) is 0 Å². The molecule has 0 saturated heterocycles. The lowest BCUT2D eigenvalue weighted by atomic mass is 10.1. The smallest absolute Gasteiger partial charge is 0.0175 e. The van der Waals surface area contributed by atoms with E-state index in [9.17, 15) is 0 Å². The summed E-state index contributed by atoms with van der Waals surface area (Å²) in [6.45, 7) is 9.66. The molecule has 0 bridgehead atoms. The highest BCUT2D eigenvalue weighted by atomic mass is 79.9. The van der Waals surface area contributed by atoms with E-state index in [-0.39, 0.29) is 0 Å². The molecular weight excluding hydrogens is 212 g/mol. The lowest BCUT2D eigenvalue weighted by molar-refractivity contribution is 1.56. The van der Waals surface area contributed by atoms with E-state index < -0.39 is 0 Å². The molecule has 0 heterocycles. The summed E-state index contributed by atoms with van der Waals surface area (Å²) in [5, 5.41) is 0. The lowest BCUT2D eigenvalue weighted by Crippen LogP contribution is -1.79. The van der Waals surface area contributed by atoms with Gasteiger partial charge in [-0.2, -0.15) is 0 Å². The van der Waals surface area contributed by atoms with Crippen LogP contribution in [0.1, 0.15) is 18.1 Å². The van der Waals surface area contributed by atoms with Gasteiger partial charge in [0.25, 0.3) is 0 Å². The second-order valence-corrected chi connectivity index (χ2v) is 3.72. The normalized spacial score (nSPS) is 9.50. The SMILES string of the molecule is C=C(C)c1ccc(C(=C)Br)cc1. The van der Waals surface area contributed by atoms with Crippen LogP contribution in [0.4, 0.5) is 0 Å². The Labute approximate surface area is 81.7 Å². The van der Waals surface area contributed by atoms with Gasteiger partial charge >= 0.3 is 0 Å². The van der Waals surface area contributed by atoms with Crippen LogP contribution in [0, 0.1) is 0 Å². The first-order valence-electron chi connectivity index (χ1n) is 3.72. The summed E-state index contributed by atoms with van der Waals surface area (Å²) < 4.78 is 0.913. The molecule has 0 amide bonds. The Morgan fingerprint density at radius 3 is 1.83 bits per heavy atom. The van der Waals surface area contributed by atoms with Crippen molar-refractivity contribution in [3.8, 4) is 0 Å². The van der Waals surface area contributed by atoms with Gasteiger partial charge in [-0.15, -0.1) is 0 Å². The molecule has 0 spiro atoms. The number of benzene rings is 1. The summed E-state index contributed by atoms with van der Waals surface area (Å²) in [5.74, 6) is 0. The number of rotatable bonds is 2. The second-order valence-electron chi connectivity index (χ2n) is 2.76. The minimum atomic E-state index is 0.913. The molecule has 0 aliphatic carbocycles. The third kappa shape index (κ3) is 2.08. The molecule has 12 heavy (non-hydrogen) atoms. The average molecular weight is 223 g/mol. The van der Waals surface area contributed by atoms with Crippen LogP contribution >= 0.6 is 15.9 Å². The van der Waals surface area contributed by atoms with Crippen molar-refractivity contribution in [3.05, 3.63) is 48.6 Å². The zero-order chi connectivity index (χ0) is 9.14. The summed E-state index contributed by atoms with van der Waals surface area (Å²) in [6, 6.07) is 8.15. The van der Waals surface area contributed by atoms with Gasteiger partial charge in [0, 0.05) is 4.48 Å². The maximum Gasteiger partial charge on any atom is 0.0175 e. The van der Waals surface area contributed by atoms with Crippen molar-refractivity contribution < 1.29 is 0 Å².